The molecular formula is C43H64N2O10. The van der Waals surface area contributed by atoms with Crippen LogP contribution in [0.2, 0.25) is 0 Å². The van der Waals surface area contributed by atoms with Crippen LogP contribution in [0, 0.1) is 17.8 Å². The van der Waals surface area contributed by atoms with Gasteiger partial charge in [-0.3, -0.25) is 14.4 Å². The number of carbonyl (C=O) groups is 3. The number of likely N-dealkylation sites (N-methyl/N-ethyl adjacent to an activating group) is 1. The summed E-state index contributed by atoms with van der Waals surface area (Å²) in [5, 5.41) is 23.9. The number of aliphatic hydroxyl groups is 2. The number of aliphatic imine (C=N–C) groups is 1. The van der Waals surface area contributed by atoms with Crippen molar-refractivity contribution in [3.63, 3.8) is 0 Å². The molecule has 0 aliphatic carbocycles. The number of fused-ring (bicyclic) bond motifs is 5. The summed E-state index contributed by atoms with van der Waals surface area (Å²) in [7, 11) is 3.77. The van der Waals surface area contributed by atoms with E-state index in [1.807, 2.05) is 88.3 Å². The van der Waals surface area contributed by atoms with E-state index in [0.717, 1.165) is 11.1 Å². The van der Waals surface area contributed by atoms with Crippen molar-refractivity contribution in [3.05, 3.63) is 53.6 Å². The van der Waals surface area contributed by atoms with Crippen LogP contribution in [0.15, 0.2) is 53.0 Å². The molecule has 3 aliphatic heterocycles. The lowest BCUT2D eigenvalue weighted by Gasteiger charge is -2.47. The van der Waals surface area contributed by atoms with Gasteiger partial charge in [-0.25, -0.2) is 4.99 Å². The molecule has 3 fully saturated rings. The Bertz CT molecular complexity index is 1560. The fourth-order valence-corrected chi connectivity index (χ4v) is 7.98. The molecule has 0 spiro atoms. The number of carbonyl (C=O) groups excluding carboxylic acids is 3. The Labute approximate surface area is 327 Å². The molecule has 1 amide bonds. The second-order valence-corrected chi connectivity index (χ2v) is 16.3. The van der Waals surface area contributed by atoms with Gasteiger partial charge in [0.1, 0.15) is 23.7 Å². The Balaban J connectivity index is 1.95. The number of aliphatic hydroxyl groups excluding tert-OH is 1. The van der Waals surface area contributed by atoms with Crippen LogP contribution in [0.3, 0.4) is 0 Å². The first-order chi connectivity index (χ1) is 25.9. The molecule has 3 heterocycles. The molecule has 3 aliphatic rings. The second kappa shape index (κ2) is 19.4. The van der Waals surface area contributed by atoms with Gasteiger partial charge >= 0.3 is 5.97 Å². The molecule has 2 N–H and O–H groups in total. The summed E-state index contributed by atoms with van der Waals surface area (Å²) >= 11 is 0. The smallest absolute Gasteiger partial charge is 0.316 e. The van der Waals surface area contributed by atoms with Crippen LogP contribution >= 0.6 is 0 Å². The second-order valence-electron chi connectivity index (χ2n) is 16.3. The highest BCUT2D eigenvalue weighted by Crippen LogP contribution is 2.39. The minimum Gasteiger partial charge on any atom is -0.459 e. The van der Waals surface area contributed by atoms with Gasteiger partial charge in [0, 0.05) is 30.5 Å². The predicted octanol–water partition coefficient (Wildman–Crippen LogP) is 5.33. The molecule has 1 aromatic rings. The summed E-state index contributed by atoms with van der Waals surface area (Å²) < 4.78 is 32.5. The van der Waals surface area contributed by atoms with E-state index in [0.29, 0.717) is 12.1 Å². The SMILES string of the molecule is CCC(=O)N=C1C[C@@H]2OC/C(=C/C=C/c3ccccc3)CO[C@](C)(C[C@H]1C)[C@H](O[C@@H]1O[C@H](C)C[C@H](N(C)C)[C@H]1O)[C@@H](C)C(=O)[C@@H](C)C(=O)O[C@@H](CC)[C@@]2(C)O. The maximum absolute atomic E-state index is 14.4. The van der Waals surface area contributed by atoms with Gasteiger partial charge in [-0.2, -0.15) is 0 Å². The number of rotatable bonds is 7. The fraction of sp³-hybridized carbons (Fsp3) is 0.674. The van der Waals surface area contributed by atoms with E-state index >= 15 is 0 Å². The van der Waals surface area contributed by atoms with E-state index in [1.165, 1.54) is 6.92 Å². The summed E-state index contributed by atoms with van der Waals surface area (Å²) in [5.41, 5.74) is -0.842. The van der Waals surface area contributed by atoms with Crippen LogP contribution in [0.4, 0.5) is 0 Å². The monoisotopic (exact) mass is 768 g/mol. The van der Waals surface area contributed by atoms with Crippen LogP contribution < -0.4 is 0 Å². The summed E-state index contributed by atoms with van der Waals surface area (Å²) in [6, 6.07) is 9.54. The van der Waals surface area contributed by atoms with Crippen molar-refractivity contribution in [1.29, 1.82) is 0 Å². The fourth-order valence-electron chi connectivity index (χ4n) is 7.98. The number of ether oxygens (including phenoxy) is 5. The molecule has 12 atom stereocenters. The van der Waals surface area contributed by atoms with E-state index in [1.54, 1.807) is 27.7 Å². The van der Waals surface area contributed by atoms with Crippen molar-refractivity contribution in [3.8, 4) is 0 Å². The van der Waals surface area contributed by atoms with Crippen molar-refractivity contribution in [2.75, 3.05) is 27.3 Å². The van der Waals surface area contributed by atoms with Crippen LogP contribution in [-0.2, 0) is 38.1 Å². The van der Waals surface area contributed by atoms with Gasteiger partial charge in [-0.05, 0) is 78.1 Å². The highest BCUT2D eigenvalue weighted by molar-refractivity contribution is 6.00. The maximum atomic E-state index is 14.4. The van der Waals surface area contributed by atoms with E-state index in [-0.39, 0.29) is 57.0 Å². The van der Waals surface area contributed by atoms with E-state index in [2.05, 4.69) is 4.99 Å². The zero-order valence-corrected chi connectivity index (χ0v) is 34.4. The largest absolute Gasteiger partial charge is 0.459 e. The number of esters is 1. The molecule has 1 aromatic carbocycles. The Morgan fingerprint density at radius 3 is 2.40 bits per heavy atom. The van der Waals surface area contributed by atoms with Gasteiger partial charge in [0.25, 0.3) is 0 Å². The van der Waals surface area contributed by atoms with E-state index in [4.69, 9.17) is 23.7 Å². The Kier molecular flexibility index (Phi) is 15.7. The molecule has 3 saturated heterocycles. The predicted molar refractivity (Wildman–Crippen MR) is 210 cm³/mol. The minimum absolute atomic E-state index is 0.0205. The Morgan fingerprint density at radius 2 is 1.76 bits per heavy atom. The average Bonchev–Trinajstić information content (AvgIpc) is 3.17. The third-order valence-electron chi connectivity index (χ3n) is 11.5. The van der Waals surface area contributed by atoms with Gasteiger partial charge in [0.2, 0.25) is 5.91 Å². The topological polar surface area (TPSA) is 153 Å². The first kappa shape index (κ1) is 44.6. The highest BCUT2D eigenvalue weighted by Gasteiger charge is 2.51. The number of hydrogen-bond acceptors (Lipinski definition) is 11. The van der Waals surface area contributed by atoms with Crippen molar-refractivity contribution in [2.45, 2.75) is 142 Å². The van der Waals surface area contributed by atoms with Gasteiger partial charge in [-0.1, -0.05) is 76.3 Å². The summed E-state index contributed by atoms with van der Waals surface area (Å²) in [6.07, 6.45) is 1.45. The number of nitrogens with zero attached hydrogens (tertiary/aromatic N) is 2. The van der Waals surface area contributed by atoms with Crippen LogP contribution in [0.25, 0.3) is 6.08 Å². The Morgan fingerprint density at radius 1 is 1.07 bits per heavy atom. The maximum Gasteiger partial charge on any atom is 0.316 e. The number of benzene rings is 1. The molecule has 12 heteroatoms. The number of cyclic esters (lactones) is 1. The van der Waals surface area contributed by atoms with Crippen molar-refractivity contribution >= 4 is 29.4 Å². The van der Waals surface area contributed by atoms with Crippen molar-refractivity contribution in [2.24, 2.45) is 22.7 Å². The molecule has 0 aromatic heterocycles. The normalized spacial score (nSPS) is 38.8. The van der Waals surface area contributed by atoms with Crippen LogP contribution in [-0.4, -0.2) is 120 Å². The number of ketones is 1. The molecule has 4 rings (SSSR count). The number of hydrogen-bond donors (Lipinski definition) is 2. The standard InChI is InChI=1S/C43H64N2O10/c1-11-34-43(8,50)35-22-32(44-36(46)12-2)26(3)23-42(7,52-25-31(24-51-35)20-16-19-30-17-14-13-15-18-30)39(28(5)37(47)29(6)40(49)54-34)55-41-38(48)33(45(9)10)21-27(4)53-41/h13-20,26-29,33-35,38-39,41,48,50H,11-12,21-25H2,1-10H3/b19-16+,31-20-,44-32?/t26-,27-,28+,29-,33+,34+,35+,38-,39-,41+,42-,43-/m1/s1. The first-order valence-electron chi connectivity index (χ1n) is 19.8. The van der Waals surface area contributed by atoms with Gasteiger partial charge in [0.05, 0.1) is 37.1 Å². The summed E-state index contributed by atoms with van der Waals surface area (Å²) in [5.74, 6) is -4.20. The minimum atomic E-state index is -1.75. The molecule has 12 nitrogen and oxygen atoms in total. The van der Waals surface area contributed by atoms with Crippen molar-refractivity contribution < 1.29 is 48.3 Å². The number of amides is 1. The van der Waals surface area contributed by atoms with Crippen LogP contribution in [0.1, 0.15) is 93.1 Å². The first-order valence-corrected chi connectivity index (χ1v) is 19.8. The van der Waals surface area contributed by atoms with Gasteiger partial charge in [0.15, 0.2) is 12.1 Å². The molecular weight excluding hydrogens is 704 g/mol. The lowest BCUT2D eigenvalue weighted by molar-refractivity contribution is -0.296. The Hall–Kier alpha value is -3.10. The van der Waals surface area contributed by atoms with E-state index in [9.17, 15) is 24.6 Å². The molecule has 0 unspecified atom stereocenters. The number of Topliss-reactive ketones (excluding diaryl/α,β-unsaturated/α-hetero) is 1. The molecule has 306 valence electrons. The lowest BCUT2D eigenvalue weighted by Crippen LogP contribution is -2.59. The van der Waals surface area contributed by atoms with Crippen molar-refractivity contribution in [1.82, 2.24) is 4.90 Å². The van der Waals surface area contributed by atoms with Gasteiger partial charge < -0.3 is 38.8 Å². The molecule has 2 bridgehead atoms. The van der Waals surface area contributed by atoms with E-state index < -0.39 is 71.4 Å². The molecule has 0 radical (unpaired) electrons. The third kappa shape index (κ3) is 11.1. The molecule has 0 saturated carbocycles. The summed E-state index contributed by atoms with van der Waals surface area (Å²) in [4.78, 5) is 47.7. The highest BCUT2D eigenvalue weighted by atomic mass is 16.7. The zero-order chi connectivity index (χ0) is 40.7. The third-order valence-corrected chi connectivity index (χ3v) is 11.5. The molecule has 55 heavy (non-hydrogen) atoms. The summed E-state index contributed by atoms with van der Waals surface area (Å²) in [6.45, 7) is 14.0. The lowest BCUT2D eigenvalue weighted by atomic mass is 9.76. The number of allylic oxidation sites excluding steroid dienone is 2. The quantitative estimate of drug-likeness (QED) is 0.273. The average molecular weight is 769 g/mol. The van der Waals surface area contributed by atoms with Crippen LogP contribution in [0.5, 0.6) is 0 Å². The van der Waals surface area contributed by atoms with Gasteiger partial charge in [-0.15, -0.1) is 0 Å². The zero-order valence-electron chi connectivity index (χ0n) is 34.4.